The second kappa shape index (κ2) is 12.2. The van der Waals surface area contributed by atoms with Crippen LogP contribution in [0.15, 0.2) is 48.5 Å². The Kier molecular flexibility index (Phi) is 9.66. The zero-order chi connectivity index (χ0) is 22.8. The number of rotatable bonds is 11. The van der Waals surface area contributed by atoms with Gasteiger partial charge in [-0.1, -0.05) is 43.6 Å². The number of carbonyl (C=O) groups is 2. The zero-order valence-corrected chi connectivity index (χ0v) is 19.3. The molecular weight excluding hydrogens is 416 g/mol. The number of carbonyl (C=O) groups excluding carboxylic acids is 2. The summed E-state index contributed by atoms with van der Waals surface area (Å²) in [5.41, 5.74) is 0.775. The fourth-order valence-electron chi connectivity index (χ4n) is 3.07. The van der Waals surface area contributed by atoms with Gasteiger partial charge in [0.05, 0.1) is 7.11 Å². The number of amides is 2. The Morgan fingerprint density at radius 1 is 1.03 bits per heavy atom. The molecule has 0 saturated heterocycles. The first kappa shape index (κ1) is 24.5. The van der Waals surface area contributed by atoms with Crippen LogP contribution < -0.4 is 14.8 Å². The molecule has 0 unspecified atom stereocenters. The summed E-state index contributed by atoms with van der Waals surface area (Å²) in [7, 11) is 1.58. The van der Waals surface area contributed by atoms with Gasteiger partial charge in [0, 0.05) is 17.6 Å². The lowest BCUT2D eigenvalue weighted by Gasteiger charge is -2.31. The molecule has 0 saturated carbocycles. The average Bonchev–Trinajstić information content (AvgIpc) is 2.78. The minimum Gasteiger partial charge on any atom is -0.497 e. The van der Waals surface area contributed by atoms with Crippen LogP contribution in [0, 0.1) is 0 Å². The van der Waals surface area contributed by atoms with E-state index in [2.05, 4.69) is 5.32 Å². The summed E-state index contributed by atoms with van der Waals surface area (Å²) >= 11 is 6.33. The molecule has 0 radical (unpaired) electrons. The molecule has 2 atom stereocenters. The van der Waals surface area contributed by atoms with Crippen molar-refractivity contribution in [2.24, 2.45) is 0 Å². The van der Waals surface area contributed by atoms with Crippen molar-refractivity contribution in [2.45, 2.75) is 52.2 Å². The van der Waals surface area contributed by atoms with Crippen LogP contribution in [0.5, 0.6) is 11.5 Å². The number of hydrogen-bond donors (Lipinski definition) is 1. The summed E-state index contributed by atoms with van der Waals surface area (Å²) in [6.45, 7) is 5.86. The third-order valence-electron chi connectivity index (χ3n) is 5.11. The molecule has 168 valence electrons. The van der Waals surface area contributed by atoms with E-state index in [0.717, 1.165) is 12.0 Å². The Morgan fingerprint density at radius 3 is 2.26 bits per heavy atom. The Morgan fingerprint density at radius 2 is 1.68 bits per heavy atom. The van der Waals surface area contributed by atoms with Gasteiger partial charge < -0.3 is 19.7 Å². The molecule has 1 N–H and O–H groups in total. The third-order valence-corrected chi connectivity index (χ3v) is 5.48. The van der Waals surface area contributed by atoms with E-state index in [-0.39, 0.29) is 31.0 Å². The maximum atomic E-state index is 13.2. The van der Waals surface area contributed by atoms with Crippen LogP contribution in [-0.2, 0) is 16.1 Å². The molecule has 2 aromatic rings. The quantitative estimate of drug-likeness (QED) is 0.553. The van der Waals surface area contributed by atoms with Crippen LogP contribution in [0.25, 0.3) is 0 Å². The summed E-state index contributed by atoms with van der Waals surface area (Å²) in [6.07, 6.45) is 1.28. The number of hydrogen-bond acceptors (Lipinski definition) is 4. The lowest BCUT2D eigenvalue weighted by molar-refractivity contribution is -0.143. The maximum Gasteiger partial charge on any atom is 0.261 e. The number of halogens is 1. The van der Waals surface area contributed by atoms with E-state index >= 15 is 0 Å². The lowest BCUT2D eigenvalue weighted by atomic mass is 10.1. The molecule has 0 fully saturated rings. The summed E-state index contributed by atoms with van der Waals surface area (Å²) < 4.78 is 10.8. The second-order valence-corrected chi connectivity index (χ2v) is 7.73. The lowest BCUT2D eigenvalue weighted by Crippen LogP contribution is -2.51. The minimum absolute atomic E-state index is 0.0226. The van der Waals surface area contributed by atoms with Crippen molar-refractivity contribution in [3.8, 4) is 11.5 Å². The predicted octanol–water partition coefficient (Wildman–Crippen LogP) is 4.45. The number of benzene rings is 2. The van der Waals surface area contributed by atoms with Gasteiger partial charge >= 0.3 is 0 Å². The highest BCUT2D eigenvalue weighted by Gasteiger charge is 2.30. The van der Waals surface area contributed by atoms with Crippen LogP contribution in [0.1, 0.15) is 39.2 Å². The van der Waals surface area contributed by atoms with Crippen molar-refractivity contribution < 1.29 is 19.1 Å². The van der Waals surface area contributed by atoms with E-state index in [1.165, 1.54) is 0 Å². The number of ether oxygens (including phenoxy) is 2. The monoisotopic (exact) mass is 446 g/mol. The van der Waals surface area contributed by atoms with Gasteiger partial charge in [0.25, 0.3) is 5.91 Å². The molecule has 6 nitrogen and oxygen atoms in total. The molecule has 7 heteroatoms. The van der Waals surface area contributed by atoms with Gasteiger partial charge in [-0.15, -0.1) is 0 Å². The highest BCUT2D eigenvalue weighted by atomic mass is 35.5. The highest BCUT2D eigenvalue weighted by Crippen LogP contribution is 2.21. The maximum absolute atomic E-state index is 13.2. The summed E-state index contributed by atoms with van der Waals surface area (Å²) in [4.78, 5) is 27.6. The molecular formula is C24H31ClN2O4. The van der Waals surface area contributed by atoms with Gasteiger partial charge in [-0.2, -0.15) is 0 Å². The number of nitrogens with zero attached hydrogens (tertiary/aromatic N) is 1. The van der Waals surface area contributed by atoms with Gasteiger partial charge in [-0.3, -0.25) is 9.59 Å². The van der Waals surface area contributed by atoms with Gasteiger partial charge in [-0.25, -0.2) is 0 Å². The highest BCUT2D eigenvalue weighted by molar-refractivity contribution is 6.31. The molecule has 2 amide bonds. The van der Waals surface area contributed by atoms with E-state index in [9.17, 15) is 9.59 Å². The summed E-state index contributed by atoms with van der Waals surface area (Å²) in [5.74, 6) is 0.777. The molecule has 0 spiro atoms. The smallest absolute Gasteiger partial charge is 0.261 e. The molecule has 0 aliphatic heterocycles. The largest absolute Gasteiger partial charge is 0.497 e. The van der Waals surface area contributed by atoms with Gasteiger partial charge in [0.15, 0.2) is 6.61 Å². The van der Waals surface area contributed by atoms with Crippen LogP contribution in [0.3, 0.4) is 0 Å². The van der Waals surface area contributed by atoms with Crippen LogP contribution in [-0.4, -0.2) is 42.5 Å². The fraction of sp³-hybridized carbons (Fsp3) is 0.417. The molecule has 31 heavy (non-hydrogen) atoms. The first-order chi connectivity index (χ1) is 14.9. The Bertz CT molecular complexity index is 857. The first-order valence-electron chi connectivity index (χ1n) is 10.5. The standard InChI is InChI=1S/C24H31ClN2O4/c1-5-17(3)26-24(29)22(6-2)27(15-18-9-7-8-10-21(18)25)23(28)16-31-20-13-11-19(30-4)12-14-20/h7-14,17,22H,5-6,15-16H2,1-4H3,(H,26,29)/t17-,22-/m1/s1. The van der Waals surface area contributed by atoms with Crippen molar-refractivity contribution in [1.82, 2.24) is 10.2 Å². The Labute approximate surface area is 189 Å². The molecule has 0 aliphatic carbocycles. The molecule has 0 aromatic heterocycles. The molecule has 0 aliphatic rings. The summed E-state index contributed by atoms with van der Waals surface area (Å²) in [5, 5.41) is 3.53. The molecule has 2 aromatic carbocycles. The normalized spacial score (nSPS) is 12.5. The zero-order valence-electron chi connectivity index (χ0n) is 18.6. The van der Waals surface area contributed by atoms with E-state index in [0.29, 0.717) is 22.9 Å². The van der Waals surface area contributed by atoms with Gasteiger partial charge in [0.2, 0.25) is 5.91 Å². The van der Waals surface area contributed by atoms with Gasteiger partial charge in [-0.05, 0) is 55.7 Å². The predicted molar refractivity (Wildman–Crippen MR) is 122 cm³/mol. The van der Waals surface area contributed by atoms with Crippen LogP contribution in [0.4, 0.5) is 0 Å². The first-order valence-corrected chi connectivity index (χ1v) is 10.9. The average molecular weight is 447 g/mol. The number of methoxy groups -OCH3 is 1. The van der Waals surface area contributed by atoms with E-state index in [1.807, 2.05) is 39.0 Å². The van der Waals surface area contributed by atoms with Crippen molar-refractivity contribution in [1.29, 1.82) is 0 Å². The second-order valence-electron chi connectivity index (χ2n) is 7.32. The van der Waals surface area contributed by atoms with Gasteiger partial charge in [0.1, 0.15) is 17.5 Å². The van der Waals surface area contributed by atoms with Crippen molar-refractivity contribution in [2.75, 3.05) is 13.7 Å². The molecule has 0 heterocycles. The van der Waals surface area contributed by atoms with Crippen molar-refractivity contribution in [3.63, 3.8) is 0 Å². The molecule has 0 bridgehead atoms. The SMILES string of the molecule is CC[C@@H](C)NC(=O)[C@@H](CC)N(Cc1ccccc1Cl)C(=O)COc1ccc(OC)cc1. The third kappa shape index (κ3) is 7.17. The fourth-order valence-corrected chi connectivity index (χ4v) is 3.27. The number of nitrogens with one attached hydrogen (secondary N) is 1. The molecule has 2 rings (SSSR count). The minimum atomic E-state index is -0.628. The topological polar surface area (TPSA) is 67.9 Å². The van der Waals surface area contributed by atoms with E-state index in [4.69, 9.17) is 21.1 Å². The van der Waals surface area contributed by atoms with E-state index < -0.39 is 6.04 Å². The summed E-state index contributed by atoms with van der Waals surface area (Å²) in [6, 6.07) is 13.7. The van der Waals surface area contributed by atoms with Crippen molar-refractivity contribution >= 4 is 23.4 Å². The van der Waals surface area contributed by atoms with Crippen LogP contribution >= 0.6 is 11.6 Å². The van der Waals surface area contributed by atoms with Crippen LogP contribution in [0.2, 0.25) is 5.02 Å². The Hall–Kier alpha value is -2.73. The van der Waals surface area contributed by atoms with Crippen molar-refractivity contribution in [3.05, 3.63) is 59.1 Å². The van der Waals surface area contributed by atoms with E-state index in [1.54, 1.807) is 42.3 Å². The Balaban J connectivity index is 2.20.